The summed E-state index contributed by atoms with van der Waals surface area (Å²) >= 11 is 0. The van der Waals surface area contributed by atoms with Gasteiger partial charge >= 0.3 is 5.97 Å². The first-order valence-electron chi connectivity index (χ1n) is 5.38. The van der Waals surface area contributed by atoms with E-state index in [0.29, 0.717) is 5.56 Å². The van der Waals surface area contributed by atoms with E-state index in [-0.39, 0.29) is 0 Å². The average molecular weight is 263 g/mol. The second-order valence-corrected chi connectivity index (χ2v) is 3.69. The normalized spacial score (nSPS) is 12.0. The maximum Gasteiger partial charge on any atom is 0.326 e. The number of primary amides is 1. The van der Waals surface area contributed by atoms with Crippen molar-refractivity contribution in [3.63, 3.8) is 0 Å². The SMILES string of the molecule is NC(=O)C[C@H](NC(=O)C=Cc1cccnc1)C(=O)O. The second kappa shape index (κ2) is 6.90. The van der Waals surface area contributed by atoms with E-state index in [1.54, 1.807) is 24.5 Å². The zero-order chi connectivity index (χ0) is 14.3. The van der Waals surface area contributed by atoms with Crippen molar-refractivity contribution in [2.24, 2.45) is 5.73 Å². The van der Waals surface area contributed by atoms with Crippen molar-refractivity contribution in [1.82, 2.24) is 10.3 Å². The van der Waals surface area contributed by atoms with E-state index in [2.05, 4.69) is 10.3 Å². The number of amides is 2. The number of carboxylic acids is 1. The van der Waals surface area contributed by atoms with Crippen LogP contribution in [0.15, 0.2) is 30.6 Å². The van der Waals surface area contributed by atoms with Crippen molar-refractivity contribution in [1.29, 1.82) is 0 Å². The Morgan fingerprint density at radius 2 is 2.21 bits per heavy atom. The molecule has 0 aliphatic heterocycles. The van der Waals surface area contributed by atoms with Crippen LogP contribution < -0.4 is 11.1 Å². The number of carbonyl (C=O) groups excluding carboxylic acids is 2. The molecule has 0 spiro atoms. The highest BCUT2D eigenvalue weighted by atomic mass is 16.4. The number of hydrogen-bond donors (Lipinski definition) is 3. The van der Waals surface area contributed by atoms with Crippen molar-refractivity contribution in [3.8, 4) is 0 Å². The van der Waals surface area contributed by atoms with Crippen LogP contribution in [0.3, 0.4) is 0 Å². The van der Waals surface area contributed by atoms with Gasteiger partial charge in [0.2, 0.25) is 11.8 Å². The molecule has 0 bridgehead atoms. The minimum Gasteiger partial charge on any atom is -0.480 e. The van der Waals surface area contributed by atoms with Crippen LogP contribution in [0.25, 0.3) is 6.08 Å². The van der Waals surface area contributed by atoms with Gasteiger partial charge in [0.05, 0.1) is 6.42 Å². The Bertz CT molecular complexity index is 499. The number of carboxylic acid groups (broad SMARTS) is 1. The molecule has 1 rings (SSSR count). The third-order valence-corrected chi connectivity index (χ3v) is 2.13. The Morgan fingerprint density at radius 1 is 1.47 bits per heavy atom. The largest absolute Gasteiger partial charge is 0.480 e. The first kappa shape index (κ1) is 14.4. The number of pyridine rings is 1. The van der Waals surface area contributed by atoms with E-state index >= 15 is 0 Å². The third kappa shape index (κ3) is 5.44. The first-order chi connectivity index (χ1) is 8.99. The lowest BCUT2D eigenvalue weighted by molar-refractivity contribution is -0.142. The van der Waals surface area contributed by atoms with E-state index in [0.717, 1.165) is 6.08 Å². The van der Waals surface area contributed by atoms with Gasteiger partial charge in [-0.3, -0.25) is 14.6 Å². The monoisotopic (exact) mass is 263 g/mol. The van der Waals surface area contributed by atoms with Gasteiger partial charge in [0.1, 0.15) is 6.04 Å². The van der Waals surface area contributed by atoms with Gasteiger partial charge in [-0.25, -0.2) is 4.79 Å². The lowest BCUT2D eigenvalue weighted by Gasteiger charge is -2.10. The lowest BCUT2D eigenvalue weighted by atomic mass is 10.2. The fourth-order valence-corrected chi connectivity index (χ4v) is 1.27. The van der Waals surface area contributed by atoms with Gasteiger partial charge in [-0.15, -0.1) is 0 Å². The number of hydrogen-bond acceptors (Lipinski definition) is 4. The van der Waals surface area contributed by atoms with E-state index in [1.807, 2.05) is 0 Å². The molecule has 0 radical (unpaired) electrons. The molecule has 0 aromatic carbocycles. The summed E-state index contributed by atoms with van der Waals surface area (Å²) in [7, 11) is 0. The van der Waals surface area contributed by atoms with Crippen LogP contribution in [0, 0.1) is 0 Å². The van der Waals surface area contributed by atoms with Gasteiger partial charge in [-0.2, -0.15) is 0 Å². The maximum absolute atomic E-state index is 11.5. The predicted molar refractivity (Wildman–Crippen MR) is 66.6 cm³/mol. The summed E-state index contributed by atoms with van der Waals surface area (Å²) in [5.41, 5.74) is 5.59. The summed E-state index contributed by atoms with van der Waals surface area (Å²) < 4.78 is 0. The fraction of sp³-hybridized carbons (Fsp3) is 0.167. The minimum atomic E-state index is -1.33. The summed E-state index contributed by atoms with van der Waals surface area (Å²) in [5, 5.41) is 11.0. The van der Waals surface area contributed by atoms with Crippen molar-refractivity contribution in [2.75, 3.05) is 0 Å². The van der Waals surface area contributed by atoms with E-state index in [1.165, 1.54) is 6.08 Å². The van der Waals surface area contributed by atoms with Crippen LogP contribution in [0.2, 0.25) is 0 Å². The number of rotatable bonds is 6. The number of carbonyl (C=O) groups is 3. The molecular weight excluding hydrogens is 250 g/mol. The van der Waals surface area contributed by atoms with Gasteiger partial charge in [-0.05, 0) is 17.7 Å². The topological polar surface area (TPSA) is 122 Å². The molecule has 0 saturated carbocycles. The number of aliphatic carboxylic acids is 1. The summed E-state index contributed by atoms with van der Waals surface area (Å²) in [6, 6.07) is 2.10. The first-order valence-corrected chi connectivity index (χ1v) is 5.38. The molecule has 19 heavy (non-hydrogen) atoms. The van der Waals surface area contributed by atoms with Crippen molar-refractivity contribution >= 4 is 23.9 Å². The third-order valence-electron chi connectivity index (χ3n) is 2.13. The average Bonchev–Trinajstić information content (AvgIpc) is 2.36. The molecule has 0 unspecified atom stereocenters. The Hall–Kier alpha value is -2.70. The fourth-order valence-electron chi connectivity index (χ4n) is 1.27. The highest BCUT2D eigenvalue weighted by Gasteiger charge is 2.20. The Morgan fingerprint density at radius 3 is 2.74 bits per heavy atom. The number of nitrogens with one attached hydrogen (secondary N) is 1. The Kier molecular flexibility index (Phi) is 5.21. The van der Waals surface area contributed by atoms with Crippen molar-refractivity contribution in [3.05, 3.63) is 36.2 Å². The van der Waals surface area contributed by atoms with E-state index in [4.69, 9.17) is 10.8 Å². The molecule has 1 aromatic heterocycles. The van der Waals surface area contributed by atoms with Gasteiger partial charge in [0.25, 0.3) is 0 Å². The molecule has 0 aliphatic carbocycles. The highest BCUT2D eigenvalue weighted by molar-refractivity contribution is 5.95. The Balaban J connectivity index is 2.60. The summed E-state index contributed by atoms with van der Waals surface area (Å²) in [4.78, 5) is 36.8. The molecule has 100 valence electrons. The summed E-state index contributed by atoms with van der Waals surface area (Å²) in [6.45, 7) is 0. The van der Waals surface area contributed by atoms with Crippen molar-refractivity contribution in [2.45, 2.75) is 12.5 Å². The highest BCUT2D eigenvalue weighted by Crippen LogP contribution is 1.99. The molecular formula is C12H13N3O4. The lowest BCUT2D eigenvalue weighted by Crippen LogP contribution is -2.42. The quantitative estimate of drug-likeness (QED) is 0.599. The minimum absolute atomic E-state index is 0.457. The zero-order valence-corrected chi connectivity index (χ0v) is 9.95. The molecule has 0 aliphatic rings. The van der Waals surface area contributed by atoms with Gasteiger partial charge in [-0.1, -0.05) is 6.07 Å². The molecule has 1 atom stereocenters. The summed E-state index contributed by atoms with van der Waals surface area (Å²) in [6.07, 6.45) is 5.31. The number of nitrogens with two attached hydrogens (primary N) is 1. The van der Waals surface area contributed by atoms with Gasteiger partial charge in [0.15, 0.2) is 0 Å². The van der Waals surface area contributed by atoms with Crippen LogP contribution in [-0.4, -0.2) is 33.9 Å². The van der Waals surface area contributed by atoms with Gasteiger partial charge in [0, 0.05) is 18.5 Å². The van der Waals surface area contributed by atoms with Crippen LogP contribution in [0.1, 0.15) is 12.0 Å². The molecule has 1 heterocycles. The molecule has 7 nitrogen and oxygen atoms in total. The zero-order valence-electron chi connectivity index (χ0n) is 9.95. The van der Waals surface area contributed by atoms with Crippen LogP contribution in [-0.2, 0) is 14.4 Å². The molecule has 0 saturated heterocycles. The van der Waals surface area contributed by atoms with Crippen LogP contribution >= 0.6 is 0 Å². The van der Waals surface area contributed by atoms with Crippen LogP contribution in [0.5, 0.6) is 0 Å². The maximum atomic E-state index is 11.5. The molecule has 2 amide bonds. The number of aromatic nitrogens is 1. The second-order valence-electron chi connectivity index (χ2n) is 3.69. The number of nitrogens with zero attached hydrogens (tertiary/aromatic N) is 1. The Labute approximate surface area is 109 Å². The van der Waals surface area contributed by atoms with Crippen molar-refractivity contribution < 1.29 is 19.5 Å². The van der Waals surface area contributed by atoms with E-state index in [9.17, 15) is 14.4 Å². The molecule has 4 N–H and O–H groups in total. The summed E-state index contributed by atoms with van der Waals surface area (Å²) in [5.74, 6) is -2.75. The standard InChI is InChI=1S/C12H13N3O4/c13-10(16)6-9(12(18)19)15-11(17)4-3-8-2-1-5-14-7-8/h1-5,7,9H,6H2,(H2,13,16)(H,15,17)(H,18,19)/t9-/m0/s1. The van der Waals surface area contributed by atoms with Crippen LogP contribution in [0.4, 0.5) is 0 Å². The molecule has 7 heteroatoms. The predicted octanol–water partition coefficient (Wildman–Crippen LogP) is -0.460. The molecule has 1 aromatic rings. The van der Waals surface area contributed by atoms with E-state index < -0.39 is 30.2 Å². The smallest absolute Gasteiger partial charge is 0.326 e. The molecule has 0 fully saturated rings. The van der Waals surface area contributed by atoms with Gasteiger partial charge < -0.3 is 16.2 Å².